The lowest BCUT2D eigenvalue weighted by Crippen LogP contribution is -2.35. The number of benzene rings is 2. The summed E-state index contributed by atoms with van der Waals surface area (Å²) in [6.45, 7) is 2.37. The van der Waals surface area contributed by atoms with Crippen LogP contribution in [0.1, 0.15) is 41.5 Å². The number of halogens is 4. The third-order valence-corrected chi connectivity index (χ3v) is 5.73. The molecule has 0 fully saturated rings. The first kappa shape index (κ1) is 26.6. The van der Waals surface area contributed by atoms with Crippen LogP contribution in [0.2, 0.25) is 0 Å². The highest BCUT2D eigenvalue weighted by Gasteiger charge is 2.30. The Bertz CT molecular complexity index is 1450. The maximum Gasteiger partial charge on any atom is 0.405 e. The van der Waals surface area contributed by atoms with Gasteiger partial charge in [-0.05, 0) is 29.7 Å². The molecule has 1 amide bonds. The van der Waals surface area contributed by atoms with Gasteiger partial charge < -0.3 is 19.7 Å². The molecule has 9 nitrogen and oxygen atoms in total. The van der Waals surface area contributed by atoms with Crippen molar-refractivity contribution in [2.75, 3.05) is 13.7 Å². The molecule has 200 valence electrons. The van der Waals surface area contributed by atoms with Gasteiger partial charge in [-0.25, -0.2) is 9.37 Å². The molecule has 0 bridgehead atoms. The van der Waals surface area contributed by atoms with E-state index >= 15 is 4.39 Å². The number of nitrogens with one attached hydrogen (secondary N) is 1. The second-order valence-corrected chi connectivity index (χ2v) is 8.76. The van der Waals surface area contributed by atoms with Crippen LogP contribution in [-0.2, 0) is 6.54 Å². The quantitative estimate of drug-likeness (QED) is 0.325. The average molecular weight is 532 g/mol. The molecular weight excluding hydrogens is 508 g/mol. The summed E-state index contributed by atoms with van der Waals surface area (Å²) < 4.78 is 61.5. The molecule has 2 N–H and O–H groups in total. The van der Waals surface area contributed by atoms with Crippen LogP contribution in [0.4, 0.5) is 17.6 Å². The fourth-order valence-electron chi connectivity index (χ4n) is 3.88. The number of imidazole rings is 1. The third kappa shape index (κ3) is 5.61. The summed E-state index contributed by atoms with van der Waals surface area (Å²) in [6.07, 6.45) is 0.0688. The maximum absolute atomic E-state index is 15.2. The van der Waals surface area contributed by atoms with E-state index in [1.54, 1.807) is 28.3 Å². The van der Waals surface area contributed by atoms with Gasteiger partial charge in [-0.15, -0.1) is 10.2 Å². The molecule has 0 spiro atoms. The number of alkyl halides is 3. The van der Waals surface area contributed by atoms with E-state index in [9.17, 15) is 23.1 Å². The average Bonchev–Trinajstić information content (AvgIpc) is 3.53. The zero-order valence-corrected chi connectivity index (χ0v) is 20.6. The number of methoxy groups -OCH3 is 1. The van der Waals surface area contributed by atoms with Crippen molar-refractivity contribution in [3.05, 3.63) is 71.8 Å². The molecule has 0 saturated heterocycles. The van der Waals surface area contributed by atoms with Crippen LogP contribution in [0, 0.1) is 5.82 Å². The largest absolute Gasteiger partial charge is 0.507 e. The highest BCUT2D eigenvalue weighted by molar-refractivity contribution is 5.92. The molecule has 4 rings (SSSR count). The van der Waals surface area contributed by atoms with Crippen LogP contribution in [0.25, 0.3) is 17.1 Å². The Morgan fingerprint density at radius 1 is 1.18 bits per heavy atom. The smallest absolute Gasteiger partial charge is 0.405 e. The molecule has 2 heterocycles. The lowest BCUT2D eigenvalue weighted by molar-refractivity contribution is -0.123. The predicted octanol–water partition coefficient (Wildman–Crippen LogP) is 4.45. The van der Waals surface area contributed by atoms with Crippen molar-refractivity contribution < 1.29 is 32.2 Å². The van der Waals surface area contributed by atoms with Crippen LogP contribution in [0.15, 0.2) is 49.1 Å². The SMILES string of the molecule is COc1cc(O)c(-c2nnc(C(=O)NCC(F)(F)F)n2-c2ccc(Cn3ccnc3)c(F)c2)cc1C(C)C. The molecule has 0 aliphatic carbocycles. The number of aromatic nitrogens is 5. The van der Waals surface area contributed by atoms with Gasteiger partial charge in [0.25, 0.3) is 5.91 Å². The molecule has 4 aromatic rings. The van der Waals surface area contributed by atoms with Gasteiger partial charge in [0.15, 0.2) is 5.82 Å². The van der Waals surface area contributed by atoms with E-state index in [0.717, 1.165) is 10.6 Å². The summed E-state index contributed by atoms with van der Waals surface area (Å²) in [5, 5.41) is 20.3. The summed E-state index contributed by atoms with van der Waals surface area (Å²) in [7, 11) is 1.44. The molecule has 0 radical (unpaired) electrons. The van der Waals surface area contributed by atoms with Crippen molar-refractivity contribution in [2.24, 2.45) is 0 Å². The second kappa shape index (κ2) is 10.5. The Hall–Kier alpha value is -4.42. The van der Waals surface area contributed by atoms with Crippen LogP contribution >= 0.6 is 0 Å². The van der Waals surface area contributed by atoms with Crippen LogP contribution in [-0.4, -0.2) is 55.2 Å². The fourth-order valence-corrected chi connectivity index (χ4v) is 3.88. The molecule has 2 aromatic carbocycles. The lowest BCUT2D eigenvalue weighted by atomic mass is 9.98. The fraction of sp³-hybridized carbons (Fsp3) is 0.280. The number of hydrogen-bond acceptors (Lipinski definition) is 6. The van der Waals surface area contributed by atoms with Gasteiger partial charge in [-0.2, -0.15) is 13.2 Å². The number of ether oxygens (including phenoxy) is 1. The van der Waals surface area contributed by atoms with Crippen LogP contribution < -0.4 is 10.1 Å². The molecule has 0 atom stereocenters. The van der Waals surface area contributed by atoms with Crippen molar-refractivity contribution in [3.63, 3.8) is 0 Å². The number of aromatic hydroxyl groups is 1. The normalized spacial score (nSPS) is 11.7. The molecule has 38 heavy (non-hydrogen) atoms. The van der Waals surface area contributed by atoms with Crippen molar-refractivity contribution in [1.29, 1.82) is 0 Å². The highest BCUT2D eigenvalue weighted by atomic mass is 19.4. The van der Waals surface area contributed by atoms with Crippen molar-refractivity contribution in [1.82, 2.24) is 29.6 Å². The van der Waals surface area contributed by atoms with E-state index in [1.807, 2.05) is 13.8 Å². The Kier molecular flexibility index (Phi) is 7.37. The summed E-state index contributed by atoms with van der Waals surface area (Å²) in [5.41, 5.74) is 1.19. The third-order valence-electron chi connectivity index (χ3n) is 5.73. The Morgan fingerprint density at radius 3 is 2.55 bits per heavy atom. The highest BCUT2D eigenvalue weighted by Crippen LogP contribution is 2.38. The van der Waals surface area contributed by atoms with Gasteiger partial charge in [0.1, 0.15) is 23.9 Å². The van der Waals surface area contributed by atoms with Crippen molar-refractivity contribution in [2.45, 2.75) is 32.5 Å². The maximum atomic E-state index is 15.2. The number of phenols is 1. The zero-order chi connectivity index (χ0) is 27.6. The Labute approximate surface area is 214 Å². The lowest BCUT2D eigenvalue weighted by Gasteiger charge is -2.17. The van der Waals surface area contributed by atoms with Crippen LogP contribution in [0.3, 0.4) is 0 Å². The number of carbonyl (C=O) groups is 1. The van der Waals surface area contributed by atoms with Gasteiger partial charge in [0.2, 0.25) is 5.82 Å². The number of nitrogens with zero attached hydrogens (tertiary/aromatic N) is 5. The van der Waals surface area contributed by atoms with E-state index in [2.05, 4.69) is 15.2 Å². The summed E-state index contributed by atoms with van der Waals surface area (Å²) in [5.74, 6) is -2.33. The zero-order valence-electron chi connectivity index (χ0n) is 20.6. The van der Waals surface area contributed by atoms with Crippen LogP contribution in [0.5, 0.6) is 11.5 Å². The minimum Gasteiger partial charge on any atom is -0.507 e. The molecule has 0 unspecified atom stereocenters. The summed E-state index contributed by atoms with van der Waals surface area (Å²) >= 11 is 0. The van der Waals surface area contributed by atoms with Gasteiger partial charge in [0.05, 0.1) is 31.2 Å². The first-order valence-electron chi connectivity index (χ1n) is 11.4. The Morgan fingerprint density at radius 2 is 1.95 bits per heavy atom. The minimum absolute atomic E-state index is 0.0462. The predicted molar refractivity (Wildman–Crippen MR) is 129 cm³/mol. The van der Waals surface area contributed by atoms with E-state index in [-0.39, 0.29) is 35.3 Å². The van der Waals surface area contributed by atoms with Crippen molar-refractivity contribution in [3.8, 4) is 28.6 Å². The van der Waals surface area contributed by atoms with E-state index in [4.69, 9.17) is 4.74 Å². The number of carbonyl (C=O) groups excluding carboxylic acids is 1. The van der Waals surface area contributed by atoms with Crippen molar-refractivity contribution >= 4 is 5.91 Å². The number of rotatable bonds is 8. The van der Waals surface area contributed by atoms with Gasteiger partial charge >= 0.3 is 6.18 Å². The molecule has 0 saturated carbocycles. The number of phenolic OH excluding ortho intramolecular Hbond substituents is 1. The standard InChI is InChI=1S/C25H24F4N6O3/c1-14(2)17-9-18(20(36)10-21(17)38-3)22-32-33-23(24(37)31-12-25(27,28)29)35(22)16-5-4-15(19(26)8-16)11-34-7-6-30-13-34/h4-10,13-14,36H,11-12H2,1-3H3,(H,31,37). The molecular formula is C25H24F4N6O3. The topological polar surface area (TPSA) is 107 Å². The molecule has 2 aromatic heterocycles. The first-order valence-corrected chi connectivity index (χ1v) is 11.4. The monoisotopic (exact) mass is 532 g/mol. The number of amides is 1. The number of hydrogen-bond donors (Lipinski definition) is 2. The van der Waals surface area contributed by atoms with E-state index in [0.29, 0.717) is 16.9 Å². The second-order valence-electron chi connectivity index (χ2n) is 8.76. The summed E-state index contributed by atoms with van der Waals surface area (Å²) in [4.78, 5) is 16.7. The van der Waals surface area contributed by atoms with E-state index < -0.39 is 30.3 Å². The first-order chi connectivity index (χ1) is 18.0. The molecule has 13 heteroatoms. The molecule has 0 aliphatic heterocycles. The van der Waals surface area contributed by atoms with Gasteiger partial charge in [-0.3, -0.25) is 9.36 Å². The summed E-state index contributed by atoms with van der Waals surface area (Å²) in [6, 6.07) is 7.01. The van der Waals surface area contributed by atoms with Gasteiger partial charge in [-0.1, -0.05) is 19.9 Å². The van der Waals surface area contributed by atoms with Gasteiger partial charge in [0, 0.05) is 24.0 Å². The minimum atomic E-state index is -4.66. The molecule has 0 aliphatic rings. The Balaban J connectivity index is 1.85. The van der Waals surface area contributed by atoms with E-state index in [1.165, 1.54) is 31.6 Å².